The number of primary amides is 1. The molecular weight excluding hydrogens is 352 g/mol. The van der Waals surface area contributed by atoms with Crippen molar-refractivity contribution in [3.05, 3.63) is 68.7 Å². The standard InChI is InChI=1S/C16H16BrClN2O/c1-10(11-3-2-4-14(17)7-11)20-9-13-6-5-12(16(19)21)8-15(13)18/h2-8,10,20H,9H2,1H3,(H2,19,21)/t10-/m1/s1. The molecule has 0 aliphatic rings. The Morgan fingerprint density at radius 1 is 1.33 bits per heavy atom. The quantitative estimate of drug-likeness (QED) is 0.837. The van der Waals surface area contributed by atoms with Crippen LogP contribution in [-0.4, -0.2) is 5.91 Å². The summed E-state index contributed by atoms with van der Waals surface area (Å²) in [7, 11) is 0. The summed E-state index contributed by atoms with van der Waals surface area (Å²) < 4.78 is 1.05. The smallest absolute Gasteiger partial charge is 0.248 e. The van der Waals surface area contributed by atoms with Gasteiger partial charge in [0.05, 0.1) is 0 Å². The van der Waals surface area contributed by atoms with Crippen molar-refractivity contribution >= 4 is 33.4 Å². The third-order valence-electron chi connectivity index (χ3n) is 3.28. The molecule has 0 aromatic heterocycles. The zero-order valence-corrected chi connectivity index (χ0v) is 13.9. The largest absolute Gasteiger partial charge is 0.366 e. The Bertz CT molecular complexity index is 660. The van der Waals surface area contributed by atoms with Gasteiger partial charge in [0.25, 0.3) is 0 Å². The van der Waals surface area contributed by atoms with Crippen molar-refractivity contribution in [2.45, 2.75) is 19.5 Å². The van der Waals surface area contributed by atoms with Crippen LogP contribution in [0.15, 0.2) is 46.9 Å². The number of rotatable bonds is 5. The molecule has 0 saturated heterocycles. The van der Waals surface area contributed by atoms with Crippen molar-refractivity contribution in [1.29, 1.82) is 0 Å². The Morgan fingerprint density at radius 2 is 2.10 bits per heavy atom. The van der Waals surface area contributed by atoms with Gasteiger partial charge in [0, 0.05) is 27.6 Å². The normalized spacial score (nSPS) is 12.1. The van der Waals surface area contributed by atoms with Crippen LogP contribution < -0.4 is 11.1 Å². The molecule has 110 valence electrons. The molecule has 0 radical (unpaired) electrons. The van der Waals surface area contributed by atoms with E-state index in [9.17, 15) is 4.79 Å². The Kier molecular flexibility index (Phi) is 5.39. The molecule has 21 heavy (non-hydrogen) atoms. The number of benzene rings is 2. The van der Waals surface area contributed by atoms with E-state index in [1.54, 1.807) is 12.1 Å². The molecule has 1 amide bonds. The summed E-state index contributed by atoms with van der Waals surface area (Å²) >= 11 is 9.64. The minimum absolute atomic E-state index is 0.189. The highest BCUT2D eigenvalue weighted by atomic mass is 79.9. The van der Waals surface area contributed by atoms with Gasteiger partial charge in [-0.1, -0.05) is 45.7 Å². The molecule has 0 aliphatic heterocycles. The van der Waals surface area contributed by atoms with Gasteiger partial charge >= 0.3 is 0 Å². The maximum Gasteiger partial charge on any atom is 0.248 e. The highest BCUT2D eigenvalue weighted by Gasteiger charge is 2.09. The minimum atomic E-state index is -0.473. The summed E-state index contributed by atoms with van der Waals surface area (Å²) in [6, 6.07) is 13.5. The van der Waals surface area contributed by atoms with Crippen LogP contribution in [0.1, 0.15) is 34.5 Å². The van der Waals surface area contributed by atoms with Gasteiger partial charge in [0.2, 0.25) is 5.91 Å². The first kappa shape index (κ1) is 16.0. The van der Waals surface area contributed by atoms with Gasteiger partial charge in [-0.2, -0.15) is 0 Å². The molecule has 0 aliphatic carbocycles. The van der Waals surface area contributed by atoms with E-state index in [4.69, 9.17) is 17.3 Å². The van der Waals surface area contributed by atoms with E-state index in [1.165, 1.54) is 5.56 Å². The molecule has 0 unspecified atom stereocenters. The van der Waals surface area contributed by atoms with Crippen LogP contribution in [0.2, 0.25) is 5.02 Å². The Hall–Kier alpha value is -1.36. The van der Waals surface area contributed by atoms with E-state index in [2.05, 4.69) is 40.3 Å². The summed E-state index contributed by atoms with van der Waals surface area (Å²) in [6.45, 7) is 2.71. The predicted molar refractivity (Wildman–Crippen MR) is 89.4 cm³/mol. The molecule has 2 rings (SSSR count). The Balaban J connectivity index is 2.04. The summed E-state index contributed by atoms with van der Waals surface area (Å²) in [4.78, 5) is 11.1. The highest BCUT2D eigenvalue weighted by Crippen LogP contribution is 2.21. The second-order valence-corrected chi connectivity index (χ2v) is 6.15. The number of halogens is 2. The molecule has 5 heteroatoms. The number of hydrogen-bond acceptors (Lipinski definition) is 2. The van der Waals surface area contributed by atoms with Gasteiger partial charge in [0.1, 0.15) is 0 Å². The maximum atomic E-state index is 11.1. The van der Waals surface area contributed by atoms with Gasteiger partial charge in [-0.05, 0) is 42.3 Å². The second-order valence-electron chi connectivity index (χ2n) is 4.83. The van der Waals surface area contributed by atoms with Gasteiger partial charge in [-0.15, -0.1) is 0 Å². The highest BCUT2D eigenvalue weighted by molar-refractivity contribution is 9.10. The number of nitrogens with two attached hydrogens (primary N) is 1. The summed E-state index contributed by atoms with van der Waals surface area (Å²) in [5, 5.41) is 3.95. The summed E-state index contributed by atoms with van der Waals surface area (Å²) in [5.74, 6) is -0.473. The number of carbonyl (C=O) groups is 1. The van der Waals surface area contributed by atoms with Crippen molar-refractivity contribution in [3.8, 4) is 0 Å². The lowest BCUT2D eigenvalue weighted by atomic mass is 10.1. The molecule has 0 saturated carbocycles. The molecule has 0 heterocycles. The molecule has 0 bridgehead atoms. The number of hydrogen-bond donors (Lipinski definition) is 2. The lowest BCUT2D eigenvalue weighted by Gasteiger charge is -2.15. The van der Waals surface area contributed by atoms with Crippen molar-refractivity contribution < 1.29 is 4.79 Å². The molecule has 0 spiro atoms. The SMILES string of the molecule is C[C@@H](NCc1ccc(C(N)=O)cc1Cl)c1cccc(Br)c1. The molecule has 1 atom stereocenters. The zero-order chi connectivity index (χ0) is 15.4. The van der Waals surface area contributed by atoms with Crippen LogP contribution in [0.25, 0.3) is 0 Å². The lowest BCUT2D eigenvalue weighted by molar-refractivity contribution is 0.100. The second kappa shape index (κ2) is 7.07. The van der Waals surface area contributed by atoms with Gasteiger partial charge in [-0.3, -0.25) is 4.79 Å². The first-order valence-electron chi connectivity index (χ1n) is 6.54. The average molecular weight is 368 g/mol. The van der Waals surface area contributed by atoms with Crippen LogP contribution in [-0.2, 0) is 6.54 Å². The Morgan fingerprint density at radius 3 is 2.71 bits per heavy atom. The van der Waals surface area contributed by atoms with Crippen molar-refractivity contribution in [1.82, 2.24) is 5.32 Å². The van der Waals surface area contributed by atoms with E-state index in [-0.39, 0.29) is 6.04 Å². The van der Waals surface area contributed by atoms with Gasteiger partial charge < -0.3 is 11.1 Å². The fourth-order valence-electron chi connectivity index (χ4n) is 2.00. The molecule has 3 N–H and O–H groups in total. The van der Waals surface area contributed by atoms with Crippen LogP contribution in [0.4, 0.5) is 0 Å². The fourth-order valence-corrected chi connectivity index (χ4v) is 2.67. The minimum Gasteiger partial charge on any atom is -0.366 e. The van der Waals surface area contributed by atoms with Gasteiger partial charge in [-0.25, -0.2) is 0 Å². The molecule has 3 nitrogen and oxygen atoms in total. The first-order valence-corrected chi connectivity index (χ1v) is 7.71. The Labute approximate surface area is 137 Å². The first-order chi connectivity index (χ1) is 9.97. The summed E-state index contributed by atoms with van der Waals surface area (Å²) in [6.07, 6.45) is 0. The molecular formula is C16H16BrClN2O. The zero-order valence-electron chi connectivity index (χ0n) is 11.6. The third kappa shape index (κ3) is 4.30. The monoisotopic (exact) mass is 366 g/mol. The topological polar surface area (TPSA) is 55.1 Å². The third-order valence-corrected chi connectivity index (χ3v) is 4.13. The molecule has 2 aromatic rings. The van der Waals surface area contributed by atoms with Crippen LogP contribution in [0, 0.1) is 0 Å². The molecule has 0 fully saturated rings. The number of carbonyl (C=O) groups excluding carboxylic acids is 1. The number of amides is 1. The van der Waals surface area contributed by atoms with Crippen molar-refractivity contribution in [2.75, 3.05) is 0 Å². The van der Waals surface area contributed by atoms with Gasteiger partial charge in [0.15, 0.2) is 0 Å². The van der Waals surface area contributed by atoms with Crippen LogP contribution >= 0.6 is 27.5 Å². The van der Waals surface area contributed by atoms with E-state index in [0.29, 0.717) is 17.1 Å². The van der Waals surface area contributed by atoms with Crippen LogP contribution in [0.3, 0.4) is 0 Å². The number of nitrogens with one attached hydrogen (secondary N) is 1. The van der Waals surface area contributed by atoms with E-state index < -0.39 is 5.91 Å². The lowest BCUT2D eigenvalue weighted by Crippen LogP contribution is -2.18. The average Bonchev–Trinajstić information content (AvgIpc) is 2.45. The van der Waals surface area contributed by atoms with Crippen LogP contribution in [0.5, 0.6) is 0 Å². The molecule has 2 aromatic carbocycles. The maximum absolute atomic E-state index is 11.1. The van der Waals surface area contributed by atoms with Crippen molar-refractivity contribution in [3.63, 3.8) is 0 Å². The van der Waals surface area contributed by atoms with E-state index >= 15 is 0 Å². The van der Waals surface area contributed by atoms with E-state index in [1.807, 2.05) is 18.2 Å². The van der Waals surface area contributed by atoms with Crippen molar-refractivity contribution in [2.24, 2.45) is 5.73 Å². The van der Waals surface area contributed by atoms with E-state index in [0.717, 1.165) is 10.0 Å². The fraction of sp³-hybridized carbons (Fsp3) is 0.188. The predicted octanol–water partition coefficient (Wildman–Crippen LogP) is 4.05. The summed E-state index contributed by atoms with van der Waals surface area (Å²) in [5.41, 5.74) is 7.77.